The molecule has 0 bridgehead atoms. The fraction of sp³-hybridized carbons (Fsp3) is 0.455. The first-order chi connectivity index (χ1) is 6.94. The first kappa shape index (κ1) is 12.3. The minimum atomic E-state index is -0.361. The summed E-state index contributed by atoms with van der Waals surface area (Å²) in [5.74, 6) is -0.342. The van der Waals surface area contributed by atoms with Gasteiger partial charge in [-0.25, -0.2) is 4.39 Å². The molecule has 0 heterocycles. The molecule has 0 aromatic heterocycles. The molecule has 0 aliphatic heterocycles. The SMILES string of the molecule is CC(C)(CCO)Nc1cc(Cl)ccc1F. The van der Waals surface area contributed by atoms with Crippen LogP contribution < -0.4 is 5.32 Å². The molecule has 4 heteroatoms. The Kier molecular flexibility index (Phi) is 3.94. The summed E-state index contributed by atoms with van der Waals surface area (Å²) in [6.07, 6.45) is 0.541. The van der Waals surface area contributed by atoms with E-state index in [-0.39, 0.29) is 18.0 Å². The van der Waals surface area contributed by atoms with Gasteiger partial charge >= 0.3 is 0 Å². The third-order valence-corrected chi connectivity index (χ3v) is 2.37. The van der Waals surface area contributed by atoms with Gasteiger partial charge in [-0.2, -0.15) is 0 Å². The Morgan fingerprint density at radius 3 is 2.73 bits per heavy atom. The van der Waals surface area contributed by atoms with Gasteiger partial charge < -0.3 is 10.4 Å². The smallest absolute Gasteiger partial charge is 0.146 e. The molecule has 2 N–H and O–H groups in total. The summed E-state index contributed by atoms with van der Waals surface area (Å²) in [6, 6.07) is 4.36. The Hall–Kier alpha value is -0.800. The molecule has 1 rings (SSSR count). The average molecular weight is 232 g/mol. The molecule has 0 unspecified atom stereocenters. The van der Waals surface area contributed by atoms with E-state index in [4.69, 9.17) is 16.7 Å². The van der Waals surface area contributed by atoms with E-state index in [2.05, 4.69) is 5.32 Å². The number of hydrogen-bond acceptors (Lipinski definition) is 2. The molecular weight excluding hydrogens is 217 g/mol. The highest BCUT2D eigenvalue weighted by Crippen LogP contribution is 2.24. The molecule has 0 atom stereocenters. The van der Waals surface area contributed by atoms with Crippen molar-refractivity contribution in [1.29, 1.82) is 0 Å². The van der Waals surface area contributed by atoms with Crippen LogP contribution in [0.3, 0.4) is 0 Å². The summed E-state index contributed by atoms with van der Waals surface area (Å²) < 4.78 is 13.4. The highest BCUT2D eigenvalue weighted by atomic mass is 35.5. The van der Waals surface area contributed by atoms with Crippen LogP contribution in [0.5, 0.6) is 0 Å². The normalized spacial score (nSPS) is 11.5. The van der Waals surface area contributed by atoms with Gasteiger partial charge in [0, 0.05) is 17.2 Å². The van der Waals surface area contributed by atoms with Gasteiger partial charge in [0.1, 0.15) is 5.82 Å². The van der Waals surface area contributed by atoms with Crippen molar-refractivity contribution in [3.8, 4) is 0 Å². The van der Waals surface area contributed by atoms with Gasteiger partial charge in [-0.1, -0.05) is 11.6 Å². The number of anilines is 1. The van der Waals surface area contributed by atoms with Crippen molar-refractivity contribution in [3.05, 3.63) is 29.0 Å². The van der Waals surface area contributed by atoms with Crippen LogP contribution in [0.15, 0.2) is 18.2 Å². The van der Waals surface area contributed by atoms with Gasteiger partial charge in [-0.3, -0.25) is 0 Å². The van der Waals surface area contributed by atoms with Crippen molar-refractivity contribution in [1.82, 2.24) is 0 Å². The zero-order chi connectivity index (χ0) is 11.5. The minimum absolute atomic E-state index is 0.0577. The number of hydrogen-bond donors (Lipinski definition) is 2. The number of aliphatic hydroxyl groups excluding tert-OH is 1. The number of halogens is 2. The Balaban J connectivity index is 2.83. The van der Waals surface area contributed by atoms with E-state index < -0.39 is 0 Å². The fourth-order valence-corrected chi connectivity index (χ4v) is 1.47. The molecule has 0 radical (unpaired) electrons. The van der Waals surface area contributed by atoms with Crippen LogP contribution >= 0.6 is 11.6 Å². The predicted molar refractivity (Wildman–Crippen MR) is 60.8 cm³/mol. The minimum Gasteiger partial charge on any atom is -0.396 e. The molecule has 1 aromatic rings. The summed E-state index contributed by atoms with van der Waals surface area (Å²) in [6.45, 7) is 3.84. The molecule has 15 heavy (non-hydrogen) atoms. The van der Waals surface area contributed by atoms with E-state index in [0.717, 1.165) is 0 Å². The second-order valence-electron chi connectivity index (χ2n) is 4.11. The van der Waals surface area contributed by atoms with Crippen molar-refractivity contribution >= 4 is 17.3 Å². The van der Waals surface area contributed by atoms with Crippen molar-refractivity contribution in [2.45, 2.75) is 25.8 Å². The van der Waals surface area contributed by atoms with E-state index in [1.165, 1.54) is 18.2 Å². The van der Waals surface area contributed by atoms with Crippen LogP contribution in [0.4, 0.5) is 10.1 Å². The van der Waals surface area contributed by atoms with Gasteiger partial charge in [-0.15, -0.1) is 0 Å². The van der Waals surface area contributed by atoms with Crippen LogP contribution in [0.25, 0.3) is 0 Å². The van der Waals surface area contributed by atoms with Gasteiger partial charge in [0.15, 0.2) is 0 Å². The number of nitrogens with one attached hydrogen (secondary N) is 1. The zero-order valence-electron chi connectivity index (χ0n) is 8.85. The molecule has 0 aliphatic carbocycles. The molecule has 84 valence electrons. The lowest BCUT2D eigenvalue weighted by Crippen LogP contribution is -2.32. The van der Waals surface area contributed by atoms with Crippen molar-refractivity contribution < 1.29 is 9.50 Å². The second-order valence-corrected chi connectivity index (χ2v) is 4.54. The third kappa shape index (κ3) is 3.68. The quantitative estimate of drug-likeness (QED) is 0.835. The van der Waals surface area contributed by atoms with E-state index in [1.807, 2.05) is 13.8 Å². The average Bonchev–Trinajstić information content (AvgIpc) is 2.10. The standard InChI is InChI=1S/C11H15ClFNO/c1-11(2,5-6-15)14-10-7-8(12)3-4-9(10)13/h3-4,7,14-15H,5-6H2,1-2H3. The van der Waals surface area contributed by atoms with Crippen molar-refractivity contribution in [2.75, 3.05) is 11.9 Å². The third-order valence-electron chi connectivity index (χ3n) is 2.14. The lowest BCUT2D eigenvalue weighted by molar-refractivity contribution is 0.260. The topological polar surface area (TPSA) is 32.3 Å². The maximum absolute atomic E-state index is 13.4. The summed E-state index contributed by atoms with van der Waals surface area (Å²) in [5.41, 5.74) is 0.00115. The van der Waals surface area contributed by atoms with E-state index in [9.17, 15) is 4.39 Å². The van der Waals surface area contributed by atoms with Crippen LogP contribution in [-0.2, 0) is 0 Å². The molecule has 2 nitrogen and oxygen atoms in total. The summed E-state index contributed by atoms with van der Waals surface area (Å²) >= 11 is 5.77. The summed E-state index contributed by atoms with van der Waals surface area (Å²) in [7, 11) is 0. The summed E-state index contributed by atoms with van der Waals surface area (Å²) in [4.78, 5) is 0. The molecule has 0 spiro atoms. The fourth-order valence-electron chi connectivity index (χ4n) is 1.30. The Labute approximate surface area is 94.1 Å². The van der Waals surface area contributed by atoms with Crippen molar-refractivity contribution in [2.24, 2.45) is 0 Å². The van der Waals surface area contributed by atoms with Gasteiger partial charge in [-0.05, 0) is 38.5 Å². The van der Waals surface area contributed by atoms with E-state index >= 15 is 0 Å². The molecular formula is C11H15ClFNO. The Bertz CT molecular complexity index is 341. The van der Waals surface area contributed by atoms with Crippen LogP contribution in [0.1, 0.15) is 20.3 Å². The molecule has 0 saturated carbocycles. The van der Waals surface area contributed by atoms with E-state index in [0.29, 0.717) is 17.1 Å². The van der Waals surface area contributed by atoms with Gasteiger partial charge in [0.25, 0.3) is 0 Å². The van der Waals surface area contributed by atoms with Crippen LogP contribution in [0, 0.1) is 5.82 Å². The van der Waals surface area contributed by atoms with Crippen molar-refractivity contribution in [3.63, 3.8) is 0 Å². The first-order valence-corrected chi connectivity index (χ1v) is 5.16. The van der Waals surface area contributed by atoms with Gasteiger partial charge in [0.05, 0.1) is 5.69 Å². The lowest BCUT2D eigenvalue weighted by Gasteiger charge is -2.27. The van der Waals surface area contributed by atoms with E-state index in [1.54, 1.807) is 0 Å². The number of aliphatic hydroxyl groups is 1. The highest BCUT2D eigenvalue weighted by Gasteiger charge is 2.18. The lowest BCUT2D eigenvalue weighted by atomic mass is 10.0. The largest absolute Gasteiger partial charge is 0.396 e. The highest BCUT2D eigenvalue weighted by molar-refractivity contribution is 6.30. The van der Waals surface area contributed by atoms with Crippen LogP contribution in [-0.4, -0.2) is 17.3 Å². The molecule has 1 aromatic carbocycles. The summed E-state index contributed by atoms with van der Waals surface area (Å²) in [5, 5.41) is 12.3. The molecule has 0 aliphatic rings. The maximum Gasteiger partial charge on any atom is 0.146 e. The monoisotopic (exact) mass is 231 g/mol. The number of benzene rings is 1. The number of rotatable bonds is 4. The predicted octanol–water partition coefficient (Wildman–Crippen LogP) is 3.05. The Morgan fingerprint density at radius 1 is 1.47 bits per heavy atom. The Morgan fingerprint density at radius 2 is 2.13 bits per heavy atom. The van der Waals surface area contributed by atoms with Gasteiger partial charge in [0.2, 0.25) is 0 Å². The molecule has 0 amide bonds. The maximum atomic E-state index is 13.4. The molecule has 0 saturated heterocycles. The van der Waals surface area contributed by atoms with Crippen LogP contribution in [0.2, 0.25) is 5.02 Å². The second kappa shape index (κ2) is 4.81. The molecule has 0 fully saturated rings. The zero-order valence-corrected chi connectivity index (χ0v) is 9.61. The first-order valence-electron chi connectivity index (χ1n) is 4.79.